The van der Waals surface area contributed by atoms with Crippen molar-refractivity contribution >= 4 is 23.7 Å². The molecule has 7 heteroatoms. The van der Waals surface area contributed by atoms with Crippen LogP contribution in [0.1, 0.15) is 33.8 Å². The molecule has 0 radical (unpaired) electrons. The number of nitrogens with one attached hydrogen (secondary N) is 1. The van der Waals surface area contributed by atoms with Crippen molar-refractivity contribution in [1.29, 1.82) is 0 Å². The fourth-order valence-corrected chi connectivity index (χ4v) is 4.31. The molecular formula is C28H24N2O5. The van der Waals surface area contributed by atoms with E-state index in [1.165, 1.54) is 30.1 Å². The Hall–Kier alpha value is -4.57. The van der Waals surface area contributed by atoms with Gasteiger partial charge in [0.05, 0.1) is 5.56 Å². The molecule has 1 aliphatic rings. The van der Waals surface area contributed by atoms with Crippen molar-refractivity contribution in [2.24, 2.45) is 0 Å². The van der Waals surface area contributed by atoms with Crippen LogP contribution in [-0.2, 0) is 9.53 Å². The zero-order chi connectivity index (χ0) is 24.9. The van der Waals surface area contributed by atoms with Crippen molar-refractivity contribution in [3.63, 3.8) is 0 Å². The third kappa shape index (κ3) is 4.87. The number of terminal acetylenes is 1. The molecule has 176 valence electrons. The second-order valence-corrected chi connectivity index (χ2v) is 8.18. The van der Waals surface area contributed by atoms with E-state index in [9.17, 15) is 19.5 Å². The van der Waals surface area contributed by atoms with Gasteiger partial charge in [0.1, 0.15) is 12.6 Å². The molecule has 1 unspecified atom stereocenters. The van der Waals surface area contributed by atoms with Gasteiger partial charge in [0.2, 0.25) is 5.91 Å². The maximum Gasteiger partial charge on any atom is 0.407 e. The van der Waals surface area contributed by atoms with Gasteiger partial charge in [-0.3, -0.25) is 4.79 Å². The van der Waals surface area contributed by atoms with Crippen LogP contribution in [0.25, 0.3) is 11.1 Å². The van der Waals surface area contributed by atoms with Crippen LogP contribution >= 0.6 is 0 Å². The fraction of sp³-hybridized carbons (Fsp3) is 0.179. The first-order valence-corrected chi connectivity index (χ1v) is 11.1. The number of amides is 2. The minimum Gasteiger partial charge on any atom is -0.478 e. The Morgan fingerprint density at radius 3 is 2.26 bits per heavy atom. The summed E-state index contributed by atoms with van der Waals surface area (Å²) in [4.78, 5) is 38.2. The molecule has 2 amide bonds. The molecule has 0 heterocycles. The first-order valence-electron chi connectivity index (χ1n) is 11.1. The Labute approximate surface area is 203 Å². The lowest BCUT2D eigenvalue weighted by molar-refractivity contribution is -0.120. The summed E-state index contributed by atoms with van der Waals surface area (Å²) in [5.41, 5.74) is 4.79. The van der Waals surface area contributed by atoms with Gasteiger partial charge in [-0.1, -0.05) is 54.6 Å². The normalized spacial score (nSPS) is 12.6. The molecule has 7 nitrogen and oxygen atoms in total. The highest BCUT2D eigenvalue weighted by molar-refractivity contribution is 5.99. The lowest BCUT2D eigenvalue weighted by Gasteiger charge is -2.24. The summed E-state index contributed by atoms with van der Waals surface area (Å²) in [5, 5.41) is 11.8. The Morgan fingerprint density at radius 2 is 1.66 bits per heavy atom. The Morgan fingerprint density at radius 1 is 1.03 bits per heavy atom. The zero-order valence-electron chi connectivity index (χ0n) is 19.1. The van der Waals surface area contributed by atoms with Crippen molar-refractivity contribution in [3.05, 3.63) is 89.5 Å². The Balaban J connectivity index is 1.44. The van der Waals surface area contributed by atoms with E-state index < -0.39 is 24.0 Å². The van der Waals surface area contributed by atoms with E-state index in [1.807, 2.05) is 48.5 Å². The van der Waals surface area contributed by atoms with Crippen LogP contribution in [-0.4, -0.2) is 42.8 Å². The van der Waals surface area contributed by atoms with Crippen molar-refractivity contribution in [3.8, 4) is 23.5 Å². The molecule has 4 rings (SSSR count). The SMILES string of the molecule is C#CCC(NC(=O)OCC1c2ccccc2-c2ccccc21)C(=O)N(C)c1cccc(C(=O)O)c1. The average Bonchev–Trinajstić information content (AvgIpc) is 3.20. The number of anilines is 1. The fourth-order valence-electron chi connectivity index (χ4n) is 4.31. The number of ether oxygens (including phenoxy) is 1. The van der Waals surface area contributed by atoms with E-state index in [-0.39, 0.29) is 24.5 Å². The molecule has 0 aliphatic heterocycles. The van der Waals surface area contributed by atoms with Crippen LogP contribution < -0.4 is 10.2 Å². The summed E-state index contributed by atoms with van der Waals surface area (Å²) in [7, 11) is 1.49. The summed E-state index contributed by atoms with van der Waals surface area (Å²) in [6.45, 7) is 0.104. The number of carboxylic acid groups (broad SMARTS) is 1. The summed E-state index contributed by atoms with van der Waals surface area (Å²) < 4.78 is 5.54. The number of hydrogen-bond donors (Lipinski definition) is 2. The van der Waals surface area contributed by atoms with E-state index in [4.69, 9.17) is 11.2 Å². The number of alkyl carbamates (subject to hydrolysis) is 1. The van der Waals surface area contributed by atoms with Crippen LogP contribution in [0.3, 0.4) is 0 Å². The lowest BCUT2D eigenvalue weighted by atomic mass is 9.98. The summed E-state index contributed by atoms with van der Waals surface area (Å²) >= 11 is 0. The molecule has 3 aromatic rings. The number of carbonyl (C=O) groups excluding carboxylic acids is 2. The number of likely N-dealkylation sites (N-methyl/N-ethyl adjacent to an activating group) is 1. The Bertz CT molecular complexity index is 1280. The molecule has 0 saturated heterocycles. The summed E-state index contributed by atoms with van der Waals surface area (Å²) in [6, 6.07) is 20.9. The van der Waals surface area contributed by atoms with Crippen molar-refractivity contribution in [1.82, 2.24) is 5.32 Å². The number of carbonyl (C=O) groups is 3. The van der Waals surface area contributed by atoms with Crippen molar-refractivity contribution < 1.29 is 24.2 Å². The van der Waals surface area contributed by atoms with E-state index in [0.717, 1.165) is 22.3 Å². The van der Waals surface area contributed by atoms with E-state index in [1.54, 1.807) is 6.07 Å². The average molecular weight is 469 g/mol. The van der Waals surface area contributed by atoms with E-state index >= 15 is 0 Å². The maximum atomic E-state index is 13.1. The molecule has 0 bridgehead atoms. The third-order valence-electron chi connectivity index (χ3n) is 6.07. The molecule has 35 heavy (non-hydrogen) atoms. The standard InChI is InChI=1S/C28H24N2O5/c1-3-9-25(26(31)30(2)19-11-8-10-18(16-19)27(32)33)29-28(34)35-17-24-22-14-6-4-12-20(22)21-13-5-7-15-23(21)24/h1,4-8,10-16,24-25H,9,17H2,2H3,(H,29,34)(H,32,33). The zero-order valence-corrected chi connectivity index (χ0v) is 19.1. The molecule has 1 aliphatic carbocycles. The molecule has 0 fully saturated rings. The number of nitrogens with zero attached hydrogens (tertiary/aromatic N) is 1. The van der Waals surface area contributed by atoms with E-state index in [0.29, 0.717) is 5.69 Å². The predicted octanol–water partition coefficient (Wildman–Crippen LogP) is 4.28. The van der Waals surface area contributed by atoms with Crippen LogP contribution in [0.5, 0.6) is 0 Å². The highest BCUT2D eigenvalue weighted by Crippen LogP contribution is 2.44. The molecular weight excluding hydrogens is 444 g/mol. The molecule has 2 N–H and O–H groups in total. The first kappa shape index (κ1) is 23.6. The van der Waals surface area contributed by atoms with Gasteiger partial charge < -0.3 is 20.1 Å². The van der Waals surface area contributed by atoms with Gasteiger partial charge >= 0.3 is 12.1 Å². The highest BCUT2D eigenvalue weighted by Gasteiger charge is 2.30. The number of rotatable bonds is 7. The van der Waals surface area contributed by atoms with Crippen LogP contribution in [0.4, 0.5) is 10.5 Å². The van der Waals surface area contributed by atoms with Crippen LogP contribution in [0.15, 0.2) is 72.8 Å². The van der Waals surface area contributed by atoms with Crippen molar-refractivity contribution in [2.75, 3.05) is 18.6 Å². The second-order valence-electron chi connectivity index (χ2n) is 8.18. The van der Waals surface area contributed by atoms with Crippen LogP contribution in [0.2, 0.25) is 0 Å². The minimum atomic E-state index is -1.11. The quantitative estimate of drug-likeness (QED) is 0.505. The van der Waals surface area contributed by atoms with Gasteiger partial charge in [-0.25, -0.2) is 9.59 Å². The van der Waals surface area contributed by atoms with Gasteiger partial charge in [0.15, 0.2) is 0 Å². The van der Waals surface area contributed by atoms with Gasteiger partial charge in [0.25, 0.3) is 0 Å². The molecule has 0 spiro atoms. The lowest BCUT2D eigenvalue weighted by Crippen LogP contribution is -2.47. The van der Waals surface area contributed by atoms with E-state index in [2.05, 4.69) is 11.2 Å². The van der Waals surface area contributed by atoms with Gasteiger partial charge in [-0.15, -0.1) is 12.3 Å². The summed E-state index contributed by atoms with van der Waals surface area (Å²) in [5.74, 6) is 0.693. The molecule has 1 atom stereocenters. The minimum absolute atomic E-state index is 0.0418. The second kappa shape index (κ2) is 10.1. The molecule has 0 saturated carbocycles. The number of fused-ring (bicyclic) bond motifs is 3. The number of aromatic carboxylic acids is 1. The smallest absolute Gasteiger partial charge is 0.407 e. The predicted molar refractivity (Wildman–Crippen MR) is 132 cm³/mol. The highest BCUT2D eigenvalue weighted by atomic mass is 16.5. The Kier molecular flexibility index (Phi) is 6.83. The van der Waals surface area contributed by atoms with Gasteiger partial charge in [-0.05, 0) is 40.5 Å². The first-order chi connectivity index (χ1) is 16.9. The summed E-state index contributed by atoms with van der Waals surface area (Å²) in [6.07, 6.45) is 4.63. The van der Waals surface area contributed by atoms with Gasteiger partial charge in [-0.2, -0.15) is 0 Å². The topological polar surface area (TPSA) is 95.9 Å². The number of carboxylic acids is 1. The molecule has 0 aromatic heterocycles. The number of benzene rings is 3. The maximum absolute atomic E-state index is 13.1. The molecule has 3 aromatic carbocycles. The number of hydrogen-bond acceptors (Lipinski definition) is 4. The third-order valence-corrected chi connectivity index (χ3v) is 6.07. The van der Waals surface area contributed by atoms with Crippen LogP contribution in [0, 0.1) is 12.3 Å². The van der Waals surface area contributed by atoms with Gasteiger partial charge in [0, 0.05) is 25.1 Å². The monoisotopic (exact) mass is 468 g/mol. The largest absolute Gasteiger partial charge is 0.478 e. The van der Waals surface area contributed by atoms with Crippen molar-refractivity contribution in [2.45, 2.75) is 18.4 Å².